The fourth-order valence-electron chi connectivity index (χ4n) is 1.73. The highest BCUT2D eigenvalue weighted by Crippen LogP contribution is 2.39. The summed E-state index contributed by atoms with van der Waals surface area (Å²) in [5.74, 6) is 0.718. The van der Waals surface area contributed by atoms with E-state index in [0.29, 0.717) is 0 Å². The molecule has 3 rings (SSSR count). The van der Waals surface area contributed by atoms with Gasteiger partial charge in [-0.05, 0) is 48.4 Å². The molecule has 0 aliphatic heterocycles. The molecule has 2 aromatic rings. The summed E-state index contributed by atoms with van der Waals surface area (Å²) in [7, 11) is 0. The molecule has 0 radical (unpaired) electrons. The largest absolute Gasteiger partial charge is 0.236 e. The predicted molar refractivity (Wildman–Crippen MR) is 62.4 cm³/mol. The molecule has 72 valence electrons. The number of hydrogen-bond acceptors (Lipinski definition) is 2. The average Bonchev–Trinajstić information content (AvgIpc) is 2.96. The van der Waals surface area contributed by atoms with Crippen molar-refractivity contribution >= 4 is 28.2 Å². The van der Waals surface area contributed by atoms with Crippen LogP contribution >= 0.6 is 22.6 Å². The summed E-state index contributed by atoms with van der Waals surface area (Å²) in [4.78, 5) is 4.37. The van der Waals surface area contributed by atoms with Crippen LogP contribution in [0.15, 0.2) is 12.3 Å². The molecule has 2 aromatic heterocycles. The van der Waals surface area contributed by atoms with Gasteiger partial charge in [0.2, 0.25) is 0 Å². The van der Waals surface area contributed by atoms with Gasteiger partial charge >= 0.3 is 0 Å². The highest BCUT2D eigenvalue weighted by atomic mass is 127. The van der Waals surface area contributed by atoms with Crippen molar-refractivity contribution in [3.63, 3.8) is 0 Å². The Morgan fingerprint density at radius 3 is 3.00 bits per heavy atom. The zero-order chi connectivity index (χ0) is 9.71. The Kier molecular flexibility index (Phi) is 1.80. The Labute approximate surface area is 95.7 Å². The van der Waals surface area contributed by atoms with Crippen LogP contribution in [0, 0.1) is 10.5 Å². The van der Waals surface area contributed by atoms with E-state index in [9.17, 15) is 0 Å². The van der Waals surface area contributed by atoms with Crippen molar-refractivity contribution in [3.8, 4) is 0 Å². The summed E-state index contributed by atoms with van der Waals surface area (Å²) in [6.45, 7) is 2.03. The molecule has 0 atom stereocenters. The second kappa shape index (κ2) is 2.92. The van der Waals surface area contributed by atoms with Crippen LogP contribution in [0.1, 0.15) is 30.1 Å². The molecule has 0 N–H and O–H groups in total. The SMILES string of the molecule is Cc1nn2c(C3CC3)ccnc2c1I. The smallest absolute Gasteiger partial charge is 0.168 e. The van der Waals surface area contributed by atoms with E-state index in [-0.39, 0.29) is 0 Å². The maximum atomic E-state index is 4.52. The van der Waals surface area contributed by atoms with Crippen molar-refractivity contribution in [2.24, 2.45) is 0 Å². The second-order valence-electron chi connectivity index (χ2n) is 3.78. The van der Waals surface area contributed by atoms with Gasteiger partial charge in [-0.2, -0.15) is 5.10 Å². The van der Waals surface area contributed by atoms with E-state index in [0.717, 1.165) is 17.3 Å². The third kappa shape index (κ3) is 1.16. The third-order valence-corrected chi connectivity index (χ3v) is 3.91. The number of hydrogen-bond donors (Lipinski definition) is 0. The molecule has 4 heteroatoms. The lowest BCUT2D eigenvalue weighted by atomic mass is 10.3. The molecule has 2 heterocycles. The second-order valence-corrected chi connectivity index (χ2v) is 4.86. The molecular formula is C10H10IN3. The molecule has 0 amide bonds. The zero-order valence-corrected chi connectivity index (χ0v) is 10.0. The van der Waals surface area contributed by atoms with Crippen LogP contribution in [0.25, 0.3) is 5.65 Å². The lowest BCUT2D eigenvalue weighted by Crippen LogP contribution is -1.98. The maximum absolute atomic E-state index is 4.52. The number of fused-ring (bicyclic) bond motifs is 1. The molecule has 3 nitrogen and oxygen atoms in total. The van der Waals surface area contributed by atoms with Gasteiger partial charge in [-0.15, -0.1) is 0 Å². The van der Waals surface area contributed by atoms with Crippen molar-refractivity contribution in [2.45, 2.75) is 25.7 Å². The van der Waals surface area contributed by atoms with Gasteiger partial charge in [0.05, 0.1) is 9.26 Å². The van der Waals surface area contributed by atoms with E-state index in [2.05, 4.69) is 38.7 Å². The topological polar surface area (TPSA) is 30.2 Å². The van der Waals surface area contributed by atoms with Gasteiger partial charge in [0.25, 0.3) is 0 Å². The van der Waals surface area contributed by atoms with Gasteiger partial charge in [0.1, 0.15) is 0 Å². The van der Waals surface area contributed by atoms with Gasteiger partial charge in [0, 0.05) is 17.8 Å². The maximum Gasteiger partial charge on any atom is 0.168 e. The quantitative estimate of drug-likeness (QED) is 0.757. The molecule has 1 aliphatic rings. The Hall–Kier alpha value is -0.650. The fourth-order valence-corrected chi connectivity index (χ4v) is 2.21. The van der Waals surface area contributed by atoms with E-state index >= 15 is 0 Å². The molecule has 1 fully saturated rings. The minimum atomic E-state index is 0.718. The highest BCUT2D eigenvalue weighted by Gasteiger charge is 2.27. The number of aryl methyl sites for hydroxylation is 1. The molecule has 0 spiro atoms. The lowest BCUT2D eigenvalue weighted by Gasteiger charge is -2.00. The van der Waals surface area contributed by atoms with Crippen molar-refractivity contribution in [1.82, 2.24) is 14.6 Å². The molecule has 0 bridgehead atoms. The van der Waals surface area contributed by atoms with Crippen LogP contribution in [0.3, 0.4) is 0 Å². The van der Waals surface area contributed by atoms with E-state index < -0.39 is 0 Å². The van der Waals surface area contributed by atoms with Crippen molar-refractivity contribution in [1.29, 1.82) is 0 Å². The van der Waals surface area contributed by atoms with Gasteiger partial charge in [-0.25, -0.2) is 9.50 Å². The molecule has 0 aromatic carbocycles. The van der Waals surface area contributed by atoms with E-state index in [1.807, 2.05) is 17.6 Å². The first-order valence-corrected chi connectivity index (χ1v) is 5.85. The Bertz CT molecular complexity index is 499. The fraction of sp³-hybridized carbons (Fsp3) is 0.400. The van der Waals surface area contributed by atoms with Gasteiger partial charge in [0.15, 0.2) is 5.65 Å². The first-order chi connectivity index (χ1) is 6.77. The standard InChI is InChI=1S/C10H10IN3/c1-6-9(11)10-12-5-4-8(7-2-3-7)14(10)13-6/h4-5,7H,2-3H2,1H3. The number of halogens is 1. The summed E-state index contributed by atoms with van der Waals surface area (Å²) >= 11 is 2.31. The van der Waals surface area contributed by atoms with Crippen LogP contribution in [0.5, 0.6) is 0 Å². The van der Waals surface area contributed by atoms with E-state index in [4.69, 9.17) is 0 Å². The van der Waals surface area contributed by atoms with Gasteiger partial charge in [-0.1, -0.05) is 0 Å². The van der Waals surface area contributed by atoms with Gasteiger partial charge in [-0.3, -0.25) is 0 Å². The number of nitrogens with zero attached hydrogens (tertiary/aromatic N) is 3. The van der Waals surface area contributed by atoms with Crippen LogP contribution in [0.4, 0.5) is 0 Å². The summed E-state index contributed by atoms with van der Waals surface area (Å²) in [5, 5.41) is 4.52. The average molecular weight is 299 g/mol. The van der Waals surface area contributed by atoms with Crippen molar-refractivity contribution in [3.05, 3.63) is 27.2 Å². The van der Waals surface area contributed by atoms with Crippen LogP contribution in [-0.2, 0) is 0 Å². The Morgan fingerprint density at radius 1 is 1.50 bits per heavy atom. The lowest BCUT2D eigenvalue weighted by molar-refractivity contribution is 0.830. The number of rotatable bonds is 1. The summed E-state index contributed by atoms with van der Waals surface area (Å²) < 4.78 is 3.18. The summed E-state index contributed by atoms with van der Waals surface area (Å²) in [6, 6.07) is 2.09. The number of aromatic nitrogens is 3. The third-order valence-electron chi connectivity index (χ3n) is 2.65. The van der Waals surface area contributed by atoms with Gasteiger partial charge < -0.3 is 0 Å². The molecule has 0 unspecified atom stereocenters. The molecular weight excluding hydrogens is 289 g/mol. The normalized spacial score (nSPS) is 16.4. The molecule has 1 saturated carbocycles. The van der Waals surface area contributed by atoms with Crippen LogP contribution in [-0.4, -0.2) is 14.6 Å². The molecule has 0 saturated heterocycles. The minimum absolute atomic E-state index is 0.718. The van der Waals surface area contributed by atoms with E-state index in [1.54, 1.807) is 0 Å². The Morgan fingerprint density at radius 2 is 2.29 bits per heavy atom. The van der Waals surface area contributed by atoms with Crippen molar-refractivity contribution in [2.75, 3.05) is 0 Å². The van der Waals surface area contributed by atoms with E-state index in [1.165, 1.54) is 22.1 Å². The first kappa shape index (κ1) is 8.64. The highest BCUT2D eigenvalue weighted by molar-refractivity contribution is 14.1. The minimum Gasteiger partial charge on any atom is -0.236 e. The first-order valence-electron chi connectivity index (χ1n) is 4.77. The summed E-state index contributed by atoms with van der Waals surface area (Å²) in [5.41, 5.74) is 3.40. The Balaban J connectivity index is 2.35. The molecule has 14 heavy (non-hydrogen) atoms. The van der Waals surface area contributed by atoms with Crippen LogP contribution < -0.4 is 0 Å². The van der Waals surface area contributed by atoms with Crippen molar-refractivity contribution < 1.29 is 0 Å². The summed E-state index contributed by atoms with van der Waals surface area (Å²) in [6.07, 6.45) is 4.50. The molecule has 1 aliphatic carbocycles. The zero-order valence-electron chi connectivity index (χ0n) is 7.87. The van der Waals surface area contributed by atoms with Crippen LogP contribution in [0.2, 0.25) is 0 Å². The predicted octanol–water partition coefficient (Wildman–Crippen LogP) is 2.52. The monoisotopic (exact) mass is 299 g/mol.